The Hall–Kier alpha value is -1.26. The first kappa shape index (κ1) is 13.8. The summed E-state index contributed by atoms with van der Waals surface area (Å²) in [6.45, 7) is 2.02. The molecule has 94 valence electrons. The van der Waals surface area contributed by atoms with Crippen LogP contribution >= 0.6 is 11.6 Å². The van der Waals surface area contributed by atoms with Gasteiger partial charge in [0, 0.05) is 31.2 Å². The molecule has 0 heterocycles. The van der Waals surface area contributed by atoms with Crippen LogP contribution in [-0.2, 0) is 11.3 Å². The van der Waals surface area contributed by atoms with E-state index in [9.17, 15) is 4.79 Å². The van der Waals surface area contributed by atoms with Crippen LogP contribution in [0.25, 0.3) is 0 Å². The number of amides is 1. The van der Waals surface area contributed by atoms with Gasteiger partial charge in [-0.15, -0.1) is 0 Å². The van der Waals surface area contributed by atoms with E-state index in [0.717, 1.165) is 5.56 Å². The monoisotopic (exact) mass is 256 g/mol. The summed E-state index contributed by atoms with van der Waals surface area (Å²) in [6, 6.07) is 5.18. The predicted octanol–water partition coefficient (Wildman–Crippen LogP) is 1.65. The van der Waals surface area contributed by atoms with E-state index in [2.05, 4.69) is 0 Å². The highest BCUT2D eigenvalue weighted by atomic mass is 35.5. The second-order valence-electron chi connectivity index (χ2n) is 3.95. The van der Waals surface area contributed by atoms with Crippen LogP contribution in [-0.4, -0.2) is 31.0 Å². The summed E-state index contributed by atoms with van der Waals surface area (Å²) in [5.74, 6) is 0.502. The van der Waals surface area contributed by atoms with Crippen LogP contribution in [0.4, 0.5) is 0 Å². The fraction of sp³-hybridized carbons (Fsp3) is 0.417. The predicted molar refractivity (Wildman–Crippen MR) is 68.1 cm³/mol. The molecular formula is C12H17ClN2O2. The molecule has 1 aromatic rings. The van der Waals surface area contributed by atoms with Crippen molar-refractivity contribution in [2.24, 2.45) is 5.73 Å². The van der Waals surface area contributed by atoms with Crippen molar-refractivity contribution < 1.29 is 9.53 Å². The zero-order chi connectivity index (χ0) is 13.0. The van der Waals surface area contributed by atoms with E-state index in [1.54, 1.807) is 39.2 Å². The lowest BCUT2D eigenvalue weighted by Gasteiger charge is -2.19. The Morgan fingerprint density at radius 3 is 2.71 bits per heavy atom. The summed E-state index contributed by atoms with van der Waals surface area (Å²) in [7, 11) is 3.38. The van der Waals surface area contributed by atoms with Crippen molar-refractivity contribution in [2.45, 2.75) is 19.6 Å². The normalized spacial score (nSPS) is 12.1. The van der Waals surface area contributed by atoms with Crippen molar-refractivity contribution in [1.29, 1.82) is 0 Å². The van der Waals surface area contributed by atoms with E-state index < -0.39 is 6.10 Å². The zero-order valence-electron chi connectivity index (χ0n) is 10.2. The molecule has 0 bridgehead atoms. The second-order valence-corrected chi connectivity index (χ2v) is 4.39. The standard InChI is InChI=1S/C12H17ClN2O2/c1-8(12(16)15(2)3)17-11-5-4-10(13)6-9(11)7-14/h4-6,8H,7,14H2,1-3H3. The van der Waals surface area contributed by atoms with Crippen molar-refractivity contribution in [1.82, 2.24) is 4.90 Å². The number of carbonyl (C=O) groups excluding carboxylic acids is 1. The first-order valence-electron chi connectivity index (χ1n) is 5.32. The first-order valence-corrected chi connectivity index (χ1v) is 5.69. The van der Waals surface area contributed by atoms with Gasteiger partial charge in [-0.2, -0.15) is 0 Å². The van der Waals surface area contributed by atoms with Crippen LogP contribution in [0.5, 0.6) is 5.75 Å². The third-order valence-electron chi connectivity index (χ3n) is 2.33. The van der Waals surface area contributed by atoms with E-state index in [4.69, 9.17) is 22.1 Å². The topological polar surface area (TPSA) is 55.6 Å². The Kier molecular flexibility index (Phi) is 4.78. The van der Waals surface area contributed by atoms with Gasteiger partial charge in [0.25, 0.3) is 5.91 Å². The molecule has 4 nitrogen and oxygen atoms in total. The molecule has 0 aliphatic rings. The van der Waals surface area contributed by atoms with Crippen LogP contribution in [0.1, 0.15) is 12.5 Å². The van der Waals surface area contributed by atoms with E-state index >= 15 is 0 Å². The fourth-order valence-electron chi connectivity index (χ4n) is 1.43. The number of hydrogen-bond acceptors (Lipinski definition) is 3. The number of rotatable bonds is 4. The van der Waals surface area contributed by atoms with Crippen LogP contribution in [0.2, 0.25) is 5.02 Å². The molecule has 0 radical (unpaired) electrons. The number of benzene rings is 1. The van der Waals surface area contributed by atoms with E-state index in [1.807, 2.05) is 0 Å². The van der Waals surface area contributed by atoms with E-state index in [0.29, 0.717) is 17.3 Å². The third kappa shape index (κ3) is 3.61. The van der Waals surface area contributed by atoms with Gasteiger partial charge >= 0.3 is 0 Å². The number of halogens is 1. The highest BCUT2D eigenvalue weighted by molar-refractivity contribution is 6.30. The Labute approximate surface area is 106 Å². The molecule has 1 amide bonds. The molecule has 1 rings (SSSR count). The molecule has 0 aliphatic carbocycles. The van der Waals surface area contributed by atoms with Crippen molar-refractivity contribution >= 4 is 17.5 Å². The number of nitrogens with zero attached hydrogens (tertiary/aromatic N) is 1. The Bertz CT molecular complexity index is 407. The highest BCUT2D eigenvalue weighted by Gasteiger charge is 2.17. The van der Waals surface area contributed by atoms with Gasteiger partial charge in [0.1, 0.15) is 5.75 Å². The SMILES string of the molecule is CC(Oc1ccc(Cl)cc1CN)C(=O)N(C)C. The molecule has 0 fully saturated rings. The lowest BCUT2D eigenvalue weighted by atomic mass is 10.2. The molecule has 17 heavy (non-hydrogen) atoms. The summed E-state index contributed by atoms with van der Waals surface area (Å²) in [4.78, 5) is 13.1. The number of ether oxygens (including phenoxy) is 1. The van der Waals surface area contributed by atoms with Gasteiger partial charge < -0.3 is 15.4 Å². The van der Waals surface area contributed by atoms with Gasteiger partial charge in [0.2, 0.25) is 0 Å². The Balaban J connectivity index is 2.84. The lowest BCUT2D eigenvalue weighted by Crippen LogP contribution is -2.35. The van der Waals surface area contributed by atoms with Crippen molar-refractivity contribution in [3.05, 3.63) is 28.8 Å². The Morgan fingerprint density at radius 1 is 1.53 bits per heavy atom. The zero-order valence-corrected chi connectivity index (χ0v) is 11.0. The molecule has 5 heteroatoms. The smallest absolute Gasteiger partial charge is 0.262 e. The largest absolute Gasteiger partial charge is 0.481 e. The highest BCUT2D eigenvalue weighted by Crippen LogP contribution is 2.23. The molecule has 0 aliphatic heterocycles. The van der Waals surface area contributed by atoms with Gasteiger partial charge in [-0.25, -0.2) is 0 Å². The summed E-state index contributed by atoms with van der Waals surface area (Å²) >= 11 is 5.86. The van der Waals surface area contributed by atoms with Gasteiger partial charge in [0.05, 0.1) is 0 Å². The maximum atomic E-state index is 11.7. The maximum absolute atomic E-state index is 11.7. The second kappa shape index (κ2) is 5.89. The van der Waals surface area contributed by atoms with Crippen molar-refractivity contribution in [2.75, 3.05) is 14.1 Å². The molecule has 0 saturated heterocycles. The number of likely N-dealkylation sites (N-methyl/N-ethyl adjacent to an activating group) is 1. The maximum Gasteiger partial charge on any atom is 0.262 e. The minimum atomic E-state index is -0.545. The van der Waals surface area contributed by atoms with Gasteiger partial charge in [0.15, 0.2) is 6.10 Å². The summed E-state index contributed by atoms with van der Waals surface area (Å²) in [5.41, 5.74) is 6.39. The minimum absolute atomic E-state index is 0.0945. The van der Waals surface area contributed by atoms with Crippen molar-refractivity contribution in [3.8, 4) is 5.75 Å². The van der Waals surface area contributed by atoms with E-state index in [1.165, 1.54) is 4.90 Å². The van der Waals surface area contributed by atoms with Crippen molar-refractivity contribution in [3.63, 3.8) is 0 Å². The van der Waals surface area contributed by atoms with Crippen LogP contribution in [0.3, 0.4) is 0 Å². The third-order valence-corrected chi connectivity index (χ3v) is 2.57. The van der Waals surface area contributed by atoms with E-state index in [-0.39, 0.29) is 5.91 Å². The summed E-state index contributed by atoms with van der Waals surface area (Å²) in [6.07, 6.45) is -0.545. The van der Waals surface area contributed by atoms with Crippen LogP contribution in [0.15, 0.2) is 18.2 Å². The molecule has 0 spiro atoms. The van der Waals surface area contributed by atoms with Gasteiger partial charge in [-0.1, -0.05) is 11.6 Å². The molecule has 1 unspecified atom stereocenters. The minimum Gasteiger partial charge on any atom is -0.481 e. The summed E-state index contributed by atoms with van der Waals surface area (Å²) < 4.78 is 5.58. The quantitative estimate of drug-likeness (QED) is 0.891. The number of hydrogen-bond donors (Lipinski definition) is 1. The first-order chi connectivity index (χ1) is 7.95. The molecular weight excluding hydrogens is 240 g/mol. The average Bonchev–Trinajstić information content (AvgIpc) is 2.30. The lowest BCUT2D eigenvalue weighted by molar-refractivity contribution is -0.135. The fourth-order valence-corrected chi connectivity index (χ4v) is 1.62. The molecule has 2 N–H and O–H groups in total. The van der Waals surface area contributed by atoms with Crippen LogP contribution < -0.4 is 10.5 Å². The Morgan fingerprint density at radius 2 is 2.18 bits per heavy atom. The van der Waals surface area contributed by atoms with Gasteiger partial charge in [-0.05, 0) is 25.1 Å². The van der Waals surface area contributed by atoms with Crippen LogP contribution in [0, 0.1) is 0 Å². The molecule has 1 atom stereocenters. The number of carbonyl (C=O) groups is 1. The molecule has 1 aromatic carbocycles. The molecule has 0 saturated carbocycles. The van der Waals surface area contributed by atoms with Gasteiger partial charge in [-0.3, -0.25) is 4.79 Å². The number of nitrogens with two attached hydrogens (primary N) is 1. The average molecular weight is 257 g/mol. The molecule has 0 aromatic heterocycles. The summed E-state index contributed by atoms with van der Waals surface area (Å²) in [5, 5.41) is 0.601.